The van der Waals surface area contributed by atoms with Gasteiger partial charge in [0.15, 0.2) is 0 Å². The first-order valence-corrected chi connectivity index (χ1v) is 9.01. The van der Waals surface area contributed by atoms with Gasteiger partial charge in [-0.1, -0.05) is 31.5 Å². The Hall–Kier alpha value is -0.420. The van der Waals surface area contributed by atoms with Gasteiger partial charge in [0.25, 0.3) is 0 Å². The smallest absolute Gasteiger partial charge is 0.123 e. The van der Waals surface area contributed by atoms with Crippen molar-refractivity contribution in [1.29, 1.82) is 0 Å². The number of fused-ring (bicyclic) bond motifs is 1. The number of benzene rings is 1. The van der Waals surface area contributed by atoms with Gasteiger partial charge in [0, 0.05) is 21.0 Å². The highest BCUT2D eigenvalue weighted by molar-refractivity contribution is 9.10. The van der Waals surface area contributed by atoms with Gasteiger partial charge in [-0.15, -0.1) is 11.3 Å². The normalized spacial score (nSPS) is 20.3. The van der Waals surface area contributed by atoms with Crippen LogP contribution in [0, 0.1) is 5.41 Å². The Labute approximate surface area is 143 Å². The number of aromatic nitrogens is 1. The summed E-state index contributed by atoms with van der Waals surface area (Å²) in [4.78, 5) is 6.29. The molecule has 1 unspecified atom stereocenters. The van der Waals surface area contributed by atoms with Crippen LogP contribution in [-0.4, -0.2) is 12.0 Å². The lowest BCUT2D eigenvalue weighted by Gasteiger charge is -2.34. The maximum Gasteiger partial charge on any atom is 0.123 e. The highest BCUT2D eigenvalue weighted by Gasteiger charge is 2.34. The zero-order valence-electron chi connectivity index (χ0n) is 12.3. The van der Waals surface area contributed by atoms with Crippen molar-refractivity contribution in [3.63, 3.8) is 0 Å². The van der Waals surface area contributed by atoms with E-state index in [0.717, 1.165) is 32.9 Å². The second-order valence-corrected chi connectivity index (χ2v) is 8.64. The molecule has 3 rings (SSSR count). The molecule has 5 heteroatoms. The van der Waals surface area contributed by atoms with Gasteiger partial charge in [0.2, 0.25) is 0 Å². The van der Waals surface area contributed by atoms with Gasteiger partial charge < -0.3 is 5.32 Å². The molecule has 0 amide bonds. The van der Waals surface area contributed by atoms with Gasteiger partial charge in [-0.25, -0.2) is 4.98 Å². The van der Waals surface area contributed by atoms with Crippen molar-refractivity contribution in [2.24, 2.45) is 5.41 Å². The molecule has 1 atom stereocenters. The van der Waals surface area contributed by atoms with E-state index in [-0.39, 0.29) is 0 Å². The molecule has 0 bridgehead atoms. The first-order chi connectivity index (χ1) is 9.89. The van der Waals surface area contributed by atoms with Gasteiger partial charge >= 0.3 is 0 Å². The van der Waals surface area contributed by atoms with E-state index in [1.54, 1.807) is 11.3 Å². The van der Waals surface area contributed by atoms with Crippen molar-refractivity contribution in [3.05, 3.63) is 38.3 Å². The summed E-state index contributed by atoms with van der Waals surface area (Å²) >= 11 is 11.4. The van der Waals surface area contributed by atoms with Gasteiger partial charge in [-0.05, 0) is 53.4 Å². The van der Waals surface area contributed by atoms with Crippen LogP contribution in [0.3, 0.4) is 0 Å². The average Bonchev–Trinajstić information content (AvgIpc) is 2.83. The molecule has 0 radical (unpaired) electrons. The Balaban J connectivity index is 2.04. The molecule has 0 spiro atoms. The fraction of sp³-hybridized carbons (Fsp3) is 0.438. The van der Waals surface area contributed by atoms with Crippen molar-refractivity contribution < 1.29 is 0 Å². The molecular weight excluding hydrogens is 368 g/mol. The molecule has 1 heterocycles. The van der Waals surface area contributed by atoms with E-state index in [4.69, 9.17) is 16.6 Å². The molecule has 1 aliphatic rings. The lowest BCUT2D eigenvalue weighted by atomic mass is 9.76. The summed E-state index contributed by atoms with van der Waals surface area (Å²) in [6.07, 6.45) is 2.20. The molecule has 0 aliphatic heterocycles. The summed E-state index contributed by atoms with van der Waals surface area (Å²) in [5.74, 6) is 0. The minimum atomic E-state index is 0.298. The van der Waals surface area contributed by atoms with Gasteiger partial charge in [-0.3, -0.25) is 0 Å². The number of nitrogens with one attached hydrogen (secondary N) is 1. The fourth-order valence-corrected chi connectivity index (χ4v) is 4.60. The lowest BCUT2D eigenvalue weighted by molar-refractivity contribution is 0.265. The Morgan fingerprint density at radius 1 is 1.43 bits per heavy atom. The fourth-order valence-electron chi connectivity index (χ4n) is 2.92. The molecule has 21 heavy (non-hydrogen) atoms. The largest absolute Gasteiger partial charge is 0.312 e. The topological polar surface area (TPSA) is 24.9 Å². The van der Waals surface area contributed by atoms with Crippen molar-refractivity contribution in [2.75, 3.05) is 7.05 Å². The summed E-state index contributed by atoms with van der Waals surface area (Å²) in [6, 6.07) is 6.41. The summed E-state index contributed by atoms with van der Waals surface area (Å²) < 4.78 is 0.917. The summed E-state index contributed by atoms with van der Waals surface area (Å²) in [5.41, 5.74) is 2.67. The van der Waals surface area contributed by atoms with Gasteiger partial charge in [-0.2, -0.15) is 0 Å². The van der Waals surface area contributed by atoms with Crippen LogP contribution in [0.4, 0.5) is 0 Å². The molecule has 0 saturated carbocycles. The summed E-state index contributed by atoms with van der Waals surface area (Å²) in [6.45, 7) is 4.64. The van der Waals surface area contributed by atoms with E-state index in [2.05, 4.69) is 35.1 Å². The van der Waals surface area contributed by atoms with Crippen molar-refractivity contribution in [3.8, 4) is 10.6 Å². The molecule has 112 valence electrons. The zero-order chi connectivity index (χ0) is 15.2. The van der Waals surface area contributed by atoms with Crippen LogP contribution in [0.1, 0.15) is 36.9 Å². The van der Waals surface area contributed by atoms with E-state index in [9.17, 15) is 0 Å². The van der Waals surface area contributed by atoms with Crippen LogP contribution in [0.2, 0.25) is 5.02 Å². The average molecular weight is 386 g/mol. The number of hydrogen-bond acceptors (Lipinski definition) is 3. The second kappa shape index (κ2) is 5.65. The quantitative estimate of drug-likeness (QED) is 0.742. The first-order valence-electron chi connectivity index (χ1n) is 7.02. The molecule has 1 aliphatic carbocycles. The van der Waals surface area contributed by atoms with Crippen molar-refractivity contribution in [1.82, 2.24) is 10.3 Å². The number of hydrogen-bond donors (Lipinski definition) is 1. The predicted molar refractivity (Wildman–Crippen MR) is 94.2 cm³/mol. The number of nitrogens with zero attached hydrogens (tertiary/aromatic N) is 1. The molecule has 1 N–H and O–H groups in total. The Morgan fingerprint density at radius 2 is 2.19 bits per heavy atom. The monoisotopic (exact) mass is 384 g/mol. The Morgan fingerprint density at radius 3 is 2.86 bits per heavy atom. The standard InChI is InChI=1S/C16H18BrClN2S/c1-16(2)7-12(19-3)14-13(8-16)20-15(21-14)9-4-5-11(18)10(17)6-9/h4-6,12,19H,7-8H2,1-3H3. The molecule has 1 aromatic carbocycles. The molecule has 2 nitrogen and oxygen atoms in total. The Kier molecular flexibility index (Phi) is 4.17. The van der Waals surface area contributed by atoms with Crippen molar-refractivity contribution in [2.45, 2.75) is 32.7 Å². The van der Waals surface area contributed by atoms with Crippen LogP contribution >= 0.6 is 38.9 Å². The molecule has 2 aromatic rings. The maximum absolute atomic E-state index is 6.08. The minimum absolute atomic E-state index is 0.298. The van der Waals surface area contributed by atoms with E-state index in [0.29, 0.717) is 11.5 Å². The summed E-state index contributed by atoms with van der Waals surface area (Å²) in [7, 11) is 2.04. The van der Waals surface area contributed by atoms with Crippen molar-refractivity contribution >= 4 is 38.9 Å². The third-order valence-corrected chi connectivity index (χ3v) is 6.44. The van der Waals surface area contributed by atoms with E-state index in [1.165, 1.54) is 10.6 Å². The van der Waals surface area contributed by atoms with Crippen LogP contribution in [0.5, 0.6) is 0 Å². The van der Waals surface area contributed by atoms with Gasteiger partial charge in [0.1, 0.15) is 5.01 Å². The second-order valence-electron chi connectivity index (χ2n) is 6.35. The zero-order valence-corrected chi connectivity index (χ0v) is 15.5. The third-order valence-electron chi connectivity index (χ3n) is 3.96. The maximum atomic E-state index is 6.08. The molecule has 0 saturated heterocycles. The summed E-state index contributed by atoms with van der Waals surface area (Å²) in [5, 5.41) is 5.25. The third kappa shape index (κ3) is 3.04. The Bertz CT molecular complexity index is 681. The molecule has 1 aromatic heterocycles. The van der Waals surface area contributed by atoms with Crippen LogP contribution in [0.25, 0.3) is 10.6 Å². The molecular formula is C16H18BrClN2S. The van der Waals surface area contributed by atoms with Crippen LogP contribution < -0.4 is 5.32 Å². The van der Waals surface area contributed by atoms with E-state index < -0.39 is 0 Å². The number of thiazole rings is 1. The SMILES string of the molecule is CNC1CC(C)(C)Cc2nc(-c3ccc(Cl)c(Br)c3)sc21. The minimum Gasteiger partial charge on any atom is -0.312 e. The van der Waals surface area contributed by atoms with Crippen LogP contribution in [-0.2, 0) is 6.42 Å². The predicted octanol–water partition coefficient (Wildman–Crippen LogP) is 5.46. The van der Waals surface area contributed by atoms with Crippen LogP contribution in [0.15, 0.2) is 22.7 Å². The van der Waals surface area contributed by atoms with E-state index >= 15 is 0 Å². The highest BCUT2D eigenvalue weighted by Crippen LogP contribution is 2.45. The highest BCUT2D eigenvalue weighted by atomic mass is 79.9. The first kappa shape index (κ1) is 15.5. The van der Waals surface area contributed by atoms with E-state index in [1.807, 2.05) is 25.2 Å². The number of halogens is 2. The lowest BCUT2D eigenvalue weighted by Crippen LogP contribution is -2.30. The number of rotatable bonds is 2. The van der Waals surface area contributed by atoms with Gasteiger partial charge in [0.05, 0.1) is 10.7 Å². The molecule has 0 fully saturated rings.